The number of furan rings is 1. The first kappa shape index (κ1) is 15.9. The van der Waals surface area contributed by atoms with Gasteiger partial charge in [0.15, 0.2) is 0 Å². The van der Waals surface area contributed by atoms with Crippen molar-refractivity contribution >= 4 is 11.6 Å². The van der Waals surface area contributed by atoms with Crippen LogP contribution in [0.5, 0.6) is 5.75 Å². The van der Waals surface area contributed by atoms with Crippen molar-refractivity contribution in [2.45, 2.75) is 46.9 Å². The van der Waals surface area contributed by atoms with Gasteiger partial charge in [-0.25, -0.2) is 0 Å². The van der Waals surface area contributed by atoms with Gasteiger partial charge in [0.25, 0.3) is 0 Å². The number of nitrogens with one attached hydrogen (secondary N) is 1. The van der Waals surface area contributed by atoms with E-state index in [4.69, 9.17) is 20.8 Å². The Morgan fingerprint density at radius 3 is 2.67 bits per heavy atom. The average molecular weight is 308 g/mol. The Balaban J connectivity index is 1.98. The third kappa shape index (κ3) is 4.51. The van der Waals surface area contributed by atoms with E-state index < -0.39 is 0 Å². The lowest BCUT2D eigenvalue weighted by atomic mass is 10.2. The molecule has 0 saturated heterocycles. The second kappa shape index (κ2) is 7.01. The highest BCUT2D eigenvalue weighted by molar-refractivity contribution is 6.32. The smallest absolute Gasteiger partial charge is 0.146 e. The highest BCUT2D eigenvalue weighted by Gasteiger charge is 2.09. The van der Waals surface area contributed by atoms with E-state index in [1.165, 1.54) is 0 Å². The van der Waals surface area contributed by atoms with Crippen molar-refractivity contribution in [3.63, 3.8) is 0 Å². The Hall–Kier alpha value is -1.45. The SMILES string of the molecule is Cc1ccc(OCc2cc(CNC(C)C)c(C)o2)c(Cl)c1. The molecule has 0 aliphatic rings. The summed E-state index contributed by atoms with van der Waals surface area (Å²) in [5.74, 6) is 2.42. The molecule has 0 radical (unpaired) electrons. The largest absolute Gasteiger partial charge is 0.484 e. The molecule has 0 saturated carbocycles. The Labute approximate surface area is 131 Å². The Bertz CT molecular complexity index is 605. The fourth-order valence-corrected chi connectivity index (χ4v) is 2.31. The Kier molecular flexibility index (Phi) is 5.32. The van der Waals surface area contributed by atoms with Crippen LogP contribution in [0.2, 0.25) is 5.02 Å². The zero-order valence-electron chi connectivity index (χ0n) is 13.0. The van der Waals surface area contributed by atoms with Gasteiger partial charge in [-0.3, -0.25) is 0 Å². The first-order chi connectivity index (χ1) is 9.95. The lowest BCUT2D eigenvalue weighted by Crippen LogP contribution is -2.21. The number of ether oxygens (including phenoxy) is 1. The van der Waals surface area contributed by atoms with Gasteiger partial charge in [0.05, 0.1) is 5.02 Å². The van der Waals surface area contributed by atoms with E-state index in [1.807, 2.05) is 38.1 Å². The molecule has 0 amide bonds. The normalized spacial score (nSPS) is 11.1. The zero-order valence-corrected chi connectivity index (χ0v) is 13.8. The van der Waals surface area contributed by atoms with Crippen LogP contribution in [0.25, 0.3) is 0 Å². The van der Waals surface area contributed by atoms with Crippen LogP contribution in [0.4, 0.5) is 0 Å². The summed E-state index contributed by atoms with van der Waals surface area (Å²) in [6.45, 7) is 9.40. The first-order valence-corrected chi connectivity index (χ1v) is 7.54. The predicted octanol–water partition coefficient (Wildman–Crippen LogP) is 4.63. The van der Waals surface area contributed by atoms with Gasteiger partial charge in [-0.05, 0) is 37.6 Å². The van der Waals surface area contributed by atoms with E-state index in [9.17, 15) is 0 Å². The molecule has 0 aliphatic heterocycles. The summed E-state index contributed by atoms with van der Waals surface area (Å²) in [6.07, 6.45) is 0. The van der Waals surface area contributed by atoms with Crippen LogP contribution in [0.15, 0.2) is 28.7 Å². The minimum absolute atomic E-state index is 0.380. The van der Waals surface area contributed by atoms with E-state index in [-0.39, 0.29) is 0 Å². The number of hydrogen-bond acceptors (Lipinski definition) is 3. The molecular weight excluding hydrogens is 286 g/mol. The topological polar surface area (TPSA) is 34.4 Å². The molecule has 0 aliphatic carbocycles. The lowest BCUT2D eigenvalue weighted by molar-refractivity contribution is 0.267. The van der Waals surface area contributed by atoms with Crippen molar-refractivity contribution in [2.75, 3.05) is 0 Å². The number of hydrogen-bond donors (Lipinski definition) is 1. The van der Waals surface area contributed by atoms with Crippen molar-refractivity contribution in [1.82, 2.24) is 5.32 Å². The van der Waals surface area contributed by atoms with Crippen molar-refractivity contribution in [2.24, 2.45) is 0 Å². The fourth-order valence-electron chi connectivity index (χ4n) is 2.02. The standard InChI is InChI=1S/C17H22ClNO2/c1-11(2)19-9-14-8-15(21-13(14)4)10-20-17-6-5-12(3)7-16(17)18/h5-8,11,19H,9-10H2,1-4H3. The van der Waals surface area contributed by atoms with Crippen LogP contribution in [-0.4, -0.2) is 6.04 Å². The molecule has 1 aromatic heterocycles. The molecule has 0 unspecified atom stereocenters. The van der Waals surface area contributed by atoms with Gasteiger partial charge in [0.1, 0.15) is 23.9 Å². The lowest BCUT2D eigenvalue weighted by Gasteiger charge is -2.06. The first-order valence-electron chi connectivity index (χ1n) is 7.16. The van der Waals surface area contributed by atoms with Crippen molar-refractivity contribution in [3.8, 4) is 5.75 Å². The minimum atomic E-state index is 0.380. The molecular formula is C17H22ClNO2. The summed E-state index contributed by atoms with van der Waals surface area (Å²) in [6, 6.07) is 8.24. The fraction of sp³-hybridized carbons (Fsp3) is 0.412. The van der Waals surface area contributed by atoms with Gasteiger partial charge < -0.3 is 14.5 Å². The van der Waals surface area contributed by atoms with Crippen molar-refractivity contribution in [1.29, 1.82) is 0 Å². The van der Waals surface area contributed by atoms with Crippen LogP contribution >= 0.6 is 11.6 Å². The second-order valence-corrected chi connectivity index (χ2v) is 5.96. The van der Waals surface area contributed by atoms with E-state index in [0.717, 1.165) is 29.2 Å². The predicted molar refractivity (Wildman–Crippen MR) is 85.9 cm³/mol. The molecule has 0 atom stereocenters. The minimum Gasteiger partial charge on any atom is -0.484 e. The molecule has 21 heavy (non-hydrogen) atoms. The van der Waals surface area contributed by atoms with E-state index >= 15 is 0 Å². The summed E-state index contributed by atoms with van der Waals surface area (Å²) < 4.78 is 11.4. The number of aryl methyl sites for hydroxylation is 2. The van der Waals surface area contributed by atoms with Gasteiger partial charge >= 0.3 is 0 Å². The summed E-state index contributed by atoms with van der Waals surface area (Å²) in [7, 11) is 0. The Morgan fingerprint density at radius 1 is 1.24 bits per heavy atom. The monoisotopic (exact) mass is 307 g/mol. The maximum atomic E-state index is 6.15. The van der Waals surface area contributed by atoms with Gasteiger partial charge in [-0.15, -0.1) is 0 Å². The van der Waals surface area contributed by atoms with Crippen LogP contribution in [0.3, 0.4) is 0 Å². The molecule has 0 bridgehead atoms. The molecule has 3 nitrogen and oxygen atoms in total. The highest BCUT2D eigenvalue weighted by atomic mass is 35.5. The third-order valence-corrected chi connectivity index (χ3v) is 3.53. The maximum Gasteiger partial charge on any atom is 0.146 e. The summed E-state index contributed by atoms with van der Waals surface area (Å²) in [5.41, 5.74) is 2.28. The van der Waals surface area contributed by atoms with Gasteiger partial charge in [-0.1, -0.05) is 31.5 Å². The molecule has 1 N–H and O–H groups in total. The summed E-state index contributed by atoms with van der Waals surface area (Å²) in [5, 5.41) is 4.01. The quantitative estimate of drug-likeness (QED) is 0.845. The van der Waals surface area contributed by atoms with Crippen LogP contribution < -0.4 is 10.1 Å². The summed E-state index contributed by atoms with van der Waals surface area (Å²) in [4.78, 5) is 0. The van der Waals surface area contributed by atoms with Gasteiger partial charge in [0, 0.05) is 18.2 Å². The number of benzene rings is 1. The van der Waals surface area contributed by atoms with E-state index in [0.29, 0.717) is 23.4 Å². The number of halogens is 1. The average Bonchev–Trinajstić information content (AvgIpc) is 2.76. The van der Waals surface area contributed by atoms with Gasteiger partial charge in [0.2, 0.25) is 0 Å². The highest BCUT2D eigenvalue weighted by Crippen LogP contribution is 2.26. The molecule has 4 heteroatoms. The maximum absolute atomic E-state index is 6.15. The molecule has 1 aromatic carbocycles. The van der Waals surface area contributed by atoms with Crippen molar-refractivity contribution < 1.29 is 9.15 Å². The van der Waals surface area contributed by atoms with E-state index in [2.05, 4.69) is 19.2 Å². The third-order valence-electron chi connectivity index (χ3n) is 3.23. The van der Waals surface area contributed by atoms with Crippen LogP contribution in [0.1, 0.15) is 36.5 Å². The molecule has 1 heterocycles. The molecule has 2 rings (SSSR count). The molecule has 0 fully saturated rings. The molecule has 0 spiro atoms. The second-order valence-electron chi connectivity index (χ2n) is 5.55. The Morgan fingerprint density at radius 2 is 2.00 bits per heavy atom. The van der Waals surface area contributed by atoms with E-state index in [1.54, 1.807) is 0 Å². The van der Waals surface area contributed by atoms with Crippen molar-refractivity contribution in [3.05, 3.63) is 51.9 Å². The number of rotatable bonds is 6. The van der Waals surface area contributed by atoms with Crippen LogP contribution in [0, 0.1) is 13.8 Å². The summed E-state index contributed by atoms with van der Waals surface area (Å²) >= 11 is 6.15. The molecule has 114 valence electrons. The zero-order chi connectivity index (χ0) is 15.4. The van der Waals surface area contributed by atoms with Crippen LogP contribution in [-0.2, 0) is 13.2 Å². The van der Waals surface area contributed by atoms with Gasteiger partial charge in [-0.2, -0.15) is 0 Å². The molecule has 2 aromatic rings.